The van der Waals surface area contributed by atoms with Crippen molar-refractivity contribution in [2.75, 3.05) is 31.5 Å². The Morgan fingerprint density at radius 2 is 1.81 bits per heavy atom. The molecule has 1 aromatic heterocycles. The van der Waals surface area contributed by atoms with E-state index in [2.05, 4.69) is 15.3 Å². The van der Waals surface area contributed by atoms with Crippen molar-refractivity contribution in [1.82, 2.24) is 9.97 Å². The number of methoxy groups -OCH3 is 3. The van der Waals surface area contributed by atoms with Crippen molar-refractivity contribution in [1.29, 1.82) is 0 Å². The van der Waals surface area contributed by atoms with Crippen LogP contribution >= 0.6 is 0 Å². The molecule has 0 saturated carbocycles. The summed E-state index contributed by atoms with van der Waals surface area (Å²) in [6.07, 6.45) is 1.44. The molecule has 3 aromatic rings. The van der Waals surface area contributed by atoms with E-state index in [0.29, 0.717) is 42.0 Å². The molecular weight excluding hydrogens is 398 g/mol. The lowest BCUT2D eigenvalue weighted by Crippen LogP contribution is -2.23. The number of fused-ring (bicyclic) bond motifs is 1. The molecule has 1 amide bonds. The van der Waals surface area contributed by atoms with Crippen molar-refractivity contribution >= 4 is 23.4 Å². The van der Waals surface area contributed by atoms with Crippen LogP contribution in [0.5, 0.6) is 17.2 Å². The Labute approximate surface area is 179 Å². The van der Waals surface area contributed by atoms with Gasteiger partial charge in [-0.05, 0) is 23.8 Å². The lowest BCUT2D eigenvalue weighted by molar-refractivity contribution is 0.1000. The maximum atomic E-state index is 12.0. The zero-order chi connectivity index (χ0) is 22.0. The Morgan fingerprint density at radius 1 is 1.03 bits per heavy atom. The molecule has 4 rings (SSSR count). The van der Waals surface area contributed by atoms with Crippen LogP contribution in [0.3, 0.4) is 0 Å². The van der Waals surface area contributed by atoms with Crippen molar-refractivity contribution in [2.24, 2.45) is 5.73 Å². The van der Waals surface area contributed by atoms with E-state index in [0.717, 1.165) is 16.9 Å². The molecular formula is C22H23N5O4. The van der Waals surface area contributed by atoms with Crippen LogP contribution in [-0.2, 0) is 13.1 Å². The number of hydrogen-bond acceptors (Lipinski definition) is 8. The maximum Gasteiger partial charge on any atom is 0.254 e. The molecule has 0 fully saturated rings. The summed E-state index contributed by atoms with van der Waals surface area (Å²) in [5, 5.41) is 3.14. The van der Waals surface area contributed by atoms with Gasteiger partial charge >= 0.3 is 0 Å². The molecule has 31 heavy (non-hydrogen) atoms. The zero-order valence-electron chi connectivity index (χ0n) is 17.5. The molecule has 160 valence electrons. The van der Waals surface area contributed by atoms with Gasteiger partial charge in [0, 0.05) is 36.6 Å². The zero-order valence-corrected chi connectivity index (χ0v) is 17.5. The first-order valence-electron chi connectivity index (χ1n) is 9.59. The number of ether oxygens (including phenoxy) is 3. The summed E-state index contributed by atoms with van der Waals surface area (Å²) in [7, 11) is 4.78. The molecule has 1 aliphatic rings. The lowest BCUT2D eigenvalue weighted by Gasteiger charge is -2.20. The van der Waals surface area contributed by atoms with E-state index in [9.17, 15) is 4.79 Å². The first kappa shape index (κ1) is 20.3. The van der Waals surface area contributed by atoms with Crippen LogP contribution in [0.4, 0.5) is 17.5 Å². The number of nitrogens with zero attached hydrogens (tertiary/aromatic N) is 3. The Balaban J connectivity index is 1.66. The van der Waals surface area contributed by atoms with Crippen LogP contribution in [0.25, 0.3) is 0 Å². The second-order valence-corrected chi connectivity index (χ2v) is 6.94. The van der Waals surface area contributed by atoms with E-state index in [1.165, 1.54) is 6.20 Å². The van der Waals surface area contributed by atoms with E-state index >= 15 is 0 Å². The number of carbonyl (C=O) groups is 1. The minimum absolute atomic E-state index is 0.254. The second kappa shape index (κ2) is 8.39. The van der Waals surface area contributed by atoms with Crippen molar-refractivity contribution in [3.63, 3.8) is 0 Å². The van der Waals surface area contributed by atoms with Crippen molar-refractivity contribution in [3.8, 4) is 17.2 Å². The van der Waals surface area contributed by atoms with Gasteiger partial charge in [0.25, 0.3) is 5.91 Å². The molecule has 9 nitrogen and oxygen atoms in total. The van der Waals surface area contributed by atoms with Gasteiger partial charge < -0.3 is 30.2 Å². The van der Waals surface area contributed by atoms with E-state index in [4.69, 9.17) is 19.9 Å². The molecule has 3 N–H and O–H groups in total. The summed E-state index contributed by atoms with van der Waals surface area (Å²) in [6, 6.07) is 11.3. The molecule has 2 aromatic carbocycles. The molecule has 0 radical (unpaired) electrons. The van der Waals surface area contributed by atoms with E-state index in [1.807, 2.05) is 29.2 Å². The molecule has 0 aliphatic carbocycles. The van der Waals surface area contributed by atoms with Gasteiger partial charge in [0.05, 0.1) is 21.3 Å². The number of rotatable bonds is 7. The van der Waals surface area contributed by atoms with Crippen LogP contribution in [0.1, 0.15) is 21.5 Å². The molecule has 9 heteroatoms. The van der Waals surface area contributed by atoms with Crippen LogP contribution in [0, 0.1) is 0 Å². The van der Waals surface area contributed by atoms with Crippen LogP contribution in [0.2, 0.25) is 0 Å². The highest BCUT2D eigenvalue weighted by atomic mass is 16.5. The van der Waals surface area contributed by atoms with Crippen LogP contribution in [0.15, 0.2) is 42.6 Å². The van der Waals surface area contributed by atoms with Crippen LogP contribution < -0.4 is 30.2 Å². The Kier molecular flexibility index (Phi) is 5.48. The fraction of sp³-hybridized carbons (Fsp3) is 0.227. The number of anilines is 3. The van der Waals surface area contributed by atoms with Crippen molar-refractivity contribution in [2.45, 2.75) is 13.1 Å². The Hall–Kier alpha value is -4.01. The SMILES string of the molecule is COc1ccc(Nc2ncc(C(N)=O)c(N3Cc4cccc(OC)c4C3)n2)cc1OC. The second-order valence-electron chi connectivity index (χ2n) is 6.94. The highest BCUT2D eigenvalue weighted by molar-refractivity contribution is 5.97. The van der Waals surface area contributed by atoms with E-state index in [-0.39, 0.29) is 5.56 Å². The standard InChI is InChI=1S/C22H23N5O4/c1-29-17-6-4-5-13-11-27(12-16(13)17)21-15(20(23)28)10-24-22(26-21)25-14-7-8-18(30-2)19(9-14)31-3/h4-10H,11-12H2,1-3H3,(H2,23,28)(H,24,25,26). The van der Waals surface area contributed by atoms with Gasteiger partial charge in [-0.2, -0.15) is 4.98 Å². The Bertz CT molecular complexity index is 1130. The molecule has 2 heterocycles. The van der Waals surface area contributed by atoms with Crippen molar-refractivity contribution in [3.05, 3.63) is 59.3 Å². The van der Waals surface area contributed by atoms with Gasteiger partial charge in [0.1, 0.15) is 17.1 Å². The largest absolute Gasteiger partial charge is 0.496 e. The molecule has 0 unspecified atom stereocenters. The van der Waals surface area contributed by atoms with Crippen molar-refractivity contribution < 1.29 is 19.0 Å². The number of nitrogens with two attached hydrogens (primary N) is 1. The third-order valence-corrected chi connectivity index (χ3v) is 5.13. The third kappa shape index (κ3) is 3.89. The first-order chi connectivity index (χ1) is 15.0. The average Bonchev–Trinajstić information content (AvgIpc) is 3.23. The summed E-state index contributed by atoms with van der Waals surface area (Å²) < 4.78 is 16.1. The van der Waals surface area contributed by atoms with Gasteiger partial charge in [-0.15, -0.1) is 0 Å². The Morgan fingerprint density at radius 3 is 2.52 bits per heavy atom. The van der Waals surface area contributed by atoms with E-state index in [1.54, 1.807) is 33.5 Å². The molecule has 1 aliphatic heterocycles. The predicted molar refractivity (Wildman–Crippen MR) is 116 cm³/mol. The summed E-state index contributed by atoms with van der Waals surface area (Å²) in [4.78, 5) is 22.9. The van der Waals surface area contributed by atoms with Gasteiger partial charge in [-0.1, -0.05) is 12.1 Å². The topological polar surface area (TPSA) is 112 Å². The summed E-state index contributed by atoms with van der Waals surface area (Å²) >= 11 is 0. The predicted octanol–water partition coefficient (Wildman–Crippen LogP) is 2.87. The smallest absolute Gasteiger partial charge is 0.254 e. The summed E-state index contributed by atoms with van der Waals surface area (Å²) in [6.45, 7) is 1.13. The molecule has 0 spiro atoms. The monoisotopic (exact) mass is 421 g/mol. The number of primary amides is 1. The minimum Gasteiger partial charge on any atom is -0.496 e. The molecule has 0 atom stereocenters. The number of carbonyl (C=O) groups excluding carboxylic acids is 1. The number of amides is 1. The maximum absolute atomic E-state index is 12.0. The quantitative estimate of drug-likeness (QED) is 0.599. The van der Waals surface area contributed by atoms with Gasteiger partial charge in [-0.25, -0.2) is 4.98 Å². The van der Waals surface area contributed by atoms with E-state index < -0.39 is 5.91 Å². The van der Waals surface area contributed by atoms with Gasteiger partial charge in [-0.3, -0.25) is 4.79 Å². The number of hydrogen-bond donors (Lipinski definition) is 2. The summed E-state index contributed by atoms with van der Waals surface area (Å²) in [5.74, 6) is 2.19. The average molecular weight is 421 g/mol. The van der Waals surface area contributed by atoms with Gasteiger partial charge in [0.2, 0.25) is 5.95 Å². The fourth-order valence-corrected chi connectivity index (χ4v) is 3.62. The lowest BCUT2D eigenvalue weighted by atomic mass is 10.1. The highest BCUT2D eigenvalue weighted by Gasteiger charge is 2.27. The number of aromatic nitrogens is 2. The number of nitrogens with one attached hydrogen (secondary N) is 1. The molecule has 0 saturated heterocycles. The number of benzene rings is 2. The minimum atomic E-state index is -0.587. The third-order valence-electron chi connectivity index (χ3n) is 5.13. The normalized spacial score (nSPS) is 12.3. The summed E-state index contributed by atoms with van der Waals surface area (Å²) in [5.41, 5.74) is 8.74. The van der Waals surface area contributed by atoms with Gasteiger partial charge in [0.15, 0.2) is 11.5 Å². The van der Waals surface area contributed by atoms with Crippen LogP contribution in [-0.4, -0.2) is 37.2 Å². The highest BCUT2D eigenvalue weighted by Crippen LogP contribution is 2.35. The molecule has 0 bridgehead atoms. The fourth-order valence-electron chi connectivity index (χ4n) is 3.62. The first-order valence-corrected chi connectivity index (χ1v) is 9.59.